The highest BCUT2D eigenvalue weighted by molar-refractivity contribution is 5.66. The first-order valence-electron chi connectivity index (χ1n) is 5.00. The Morgan fingerprint density at radius 2 is 2.07 bits per heavy atom. The van der Waals surface area contributed by atoms with Crippen molar-refractivity contribution in [3.05, 3.63) is 24.3 Å². The van der Waals surface area contributed by atoms with E-state index in [2.05, 4.69) is 0 Å². The number of hydrogen-bond donors (Lipinski definition) is 2. The topological polar surface area (TPSA) is 58.7 Å². The van der Waals surface area contributed by atoms with Crippen molar-refractivity contribution in [2.45, 2.75) is 0 Å². The third-order valence-corrected chi connectivity index (χ3v) is 2.15. The molecule has 0 aliphatic heterocycles. The minimum Gasteiger partial charge on any atom is -0.397 e. The van der Waals surface area contributed by atoms with Gasteiger partial charge in [0, 0.05) is 13.6 Å². The van der Waals surface area contributed by atoms with E-state index in [1.165, 1.54) is 0 Å². The van der Waals surface area contributed by atoms with Crippen LogP contribution in [0.5, 0.6) is 0 Å². The summed E-state index contributed by atoms with van der Waals surface area (Å²) in [6.07, 6.45) is 0. The van der Waals surface area contributed by atoms with E-state index in [4.69, 9.17) is 15.6 Å². The van der Waals surface area contributed by atoms with Gasteiger partial charge in [-0.1, -0.05) is 12.1 Å². The second-order valence-corrected chi connectivity index (χ2v) is 3.32. The Kier molecular flexibility index (Phi) is 4.93. The number of para-hydroxylation sites is 2. The van der Waals surface area contributed by atoms with Gasteiger partial charge in [-0.2, -0.15) is 0 Å². The minimum absolute atomic E-state index is 0.0667. The van der Waals surface area contributed by atoms with E-state index in [0.29, 0.717) is 13.2 Å². The molecule has 0 aliphatic rings. The second kappa shape index (κ2) is 6.27. The zero-order valence-electron chi connectivity index (χ0n) is 9.02. The van der Waals surface area contributed by atoms with Gasteiger partial charge in [-0.05, 0) is 12.1 Å². The summed E-state index contributed by atoms with van der Waals surface area (Å²) >= 11 is 0. The van der Waals surface area contributed by atoms with Crippen molar-refractivity contribution in [1.29, 1.82) is 0 Å². The predicted molar refractivity (Wildman–Crippen MR) is 62.0 cm³/mol. The Labute approximate surface area is 90.3 Å². The molecule has 15 heavy (non-hydrogen) atoms. The summed E-state index contributed by atoms with van der Waals surface area (Å²) in [6.45, 7) is 1.80. The number of nitrogens with zero attached hydrogens (tertiary/aromatic N) is 1. The van der Waals surface area contributed by atoms with Crippen LogP contribution in [-0.4, -0.2) is 38.5 Å². The smallest absolute Gasteiger partial charge is 0.0698 e. The molecule has 0 fully saturated rings. The van der Waals surface area contributed by atoms with Crippen molar-refractivity contribution in [3.63, 3.8) is 0 Å². The van der Waals surface area contributed by atoms with Gasteiger partial charge in [0.1, 0.15) is 0 Å². The fourth-order valence-corrected chi connectivity index (χ4v) is 1.32. The third kappa shape index (κ3) is 3.77. The lowest BCUT2D eigenvalue weighted by Crippen LogP contribution is -2.23. The predicted octanol–water partition coefficient (Wildman–Crippen LogP) is 0.714. The summed E-state index contributed by atoms with van der Waals surface area (Å²) in [5.41, 5.74) is 7.60. The Balaban J connectivity index is 2.40. The zero-order chi connectivity index (χ0) is 11.1. The SMILES string of the molecule is CN(CCOCCO)c1ccccc1N. The first-order chi connectivity index (χ1) is 7.25. The number of ether oxygens (including phenoxy) is 1. The molecular weight excluding hydrogens is 192 g/mol. The van der Waals surface area contributed by atoms with Crippen LogP contribution in [0.25, 0.3) is 0 Å². The largest absolute Gasteiger partial charge is 0.397 e. The first kappa shape index (κ1) is 11.8. The van der Waals surface area contributed by atoms with Gasteiger partial charge in [-0.25, -0.2) is 0 Å². The minimum atomic E-state index is 0.0667. The van der Waals surface area contributed by atoms with Crippen molar-refractivity contribution < 1.29 is 9.84 Å². The standard InChI is InChI=1S/C11H18N2O2/c1-13(6-8-15-9-7-14)11-5-3-2-4-10(11)12/h2-5,14H,6-9,12H2,1H3. The van der Waals surface area contributed by atoms with Crippen molar-refractivity contribution in [2.75, 3.05) is 44.0 Å². The molecule has 4 heteroatoms. The molecule has 84 valence electrons. The maximum absolute atomic E-state index is 8.53. The Morgan fingerprint density at radius 1 is 1.33 bits per heavy atom. The summed E-state index contributed by atoms with van der Waals surface area (Å²) in [5, 5.41) is 8.53. The molecule has 0 saturated carbocycles. The quantitative estimate of drug-likeness (QED) is 0.536. The molecule has 0 unspecified atom stereocenters. The number of benzene rings is 1. The van der Waals surface area contributed by atoms with Crippen LogP contribution >= 0.6 is 0 Å². The average Bonchev–Trinajstić information content (AvgIpc) is 2.25. The van der Waals surface area contributed by atoms with Crippen LogP contribution in [0, 0.1) is 0 Å². The highest BCUT2D eigenvalue weighted by atomic mass is 16.5. The molecule has 1 aromatic carbocycles. The number of rotatable bonds is 6. The van der Waals surface area contributed by atoms with E-state index >= 15 is 0 Å². The summed E-state index contributed by atoms with van der Waals surface area (Å²) in [4.78, 5) is 2.03. The van der Waals surface area contributed by atoms with Gasteiger partial charge in [0.15, 0.2) is 0 Å². The Hall–Kier alpha value is -1.26. The second-order valence-electron chi connectivity index (χ2n) is 3.32. The van der Waals surface area contributed by atoms with E-state index in [9.17, 15) is 0 Å². The molecule has 0 saturated heterocycles. The molecule has 0 spiro atoms. The lowest BCUT2D eigenvalue weighted by molar-refractivity contribution is 0.0971. The van der Waals surface area contributed by atoms with Crippen molar-refractivity contribution >= 4 is 11.4 Å². The van der Waals surface area contributed by atoms with Crippen LogP contribution in [-0.2, 0) is 4.74 Å². The molecular formula is C11H18N2O2. The van der Waals surface area contributed by atoms with E-state index in [1.807, 2.05) is 36.2 Å². The normalized spacial score (nSPS) is 10.3. The number of aliphatic hydroxyl groups is 1. The zero-order valence-corrected chi connectivity index (χ0v) is 9.02. The summed E-state index contributed by atoms with van der Waals surface area (Å²) in [6, 6.07) is 7.72. The van der Waals surface area contributed by atoms with Gasteiger partial charge < -0.3 is 20.5 Å². The molecule has 0 aromatic heterocycles. The lowest BCUT2D eigenvalue weighted by Gasteiger charge is -2.20. The fourth-order valence-electron chi connectivity index (χ4n) is 1.32. The van der Waals surface area contributed by atoms with Crippen LogP contribution in [0.2, 0.25) is 0 Å². The number of likely N-dealkylation sites (N-methyl/N-ethyl adjacent to an activating group) is 1. The number of nitrogen functional groups attached to an aromatic ring is 1. The molecule has 0 amide bonds. The molecule has 0 radical (unpaired) electrons. The molecule has 0 bridgehead atoms. The monoisotopic (exact) mass is 210 g/mol. The van der Waals surface area contributed by atoms with Crippen molar-refractivity contribution in [3.8, 4) is 0 Å². The number of hydrogen-bond acceptors (Lipinski definition) is 4. The molecule has 3 N–H and O–H groups in total. The molecule has 1 rings (SSSR count). The highest BCUT2D eigenvalue weighted by Crippen LogP contribution is 2.20. The summed E-state index contributed by atoms with van der Waals surface area (Å²) in [7, 11) is 1.97. The molecule has 4 nitrogen and oxygen atoms in total. The number of nitrogens with two attached hydrogens (primary N) is 1. The van der Waals surface area contributed by atoms with E-state index in [0.717, 1.165) is 17.9 Å². The Bertz CT molecular complexity index is 292. The maximum Gasteiger partial charge on any atom is 0.0698 e. The van der Waals surface area contributed by atoms with Gasteiger partial charge in [0.2, 0.25) is 0 Å². The van der Waals surface area contributed by atoms with Gasteiger partial charge in [0.05, 0.1) is 31.2 Å². The number of aliphatic hydroxyl groups excluding tert-OH is 1. The summed E-state index contributed by atoms with van der Waals surface area (Å²) < 4.78 is 5.18. The Morgan fingerprint density at radius 3 is 2.73 bits per heavy atom. The number of anilines is 2. The molecule has 0 aliphatic carbocycles. The highest BCUT2D eigenvalue weighted by Gasteiger charge is 2.03. The van der Waals surface area contributed by atoms with Crippen molar-refractivity contribution in [1.82, 2.24) is 0 Å². The van der Waals surface area contributed by atoms with Gasteiger partial charge in [-0.15, -0.1) is 0 Å². The maximum atomic E-state index is 8.53. The molecule has 0 atom stereocenters. The lowest BCUT2D eigenvalue weighted by atomic mass is 10.2. The van der Waals surface area contributed by atoms with Crippen molar-refractivity contribution in [2.24, 2.45) is 0 Å². The van der Waals surface area contributed by atoms with Crippen LogP contribution < -0.4 is 10.6 Å². The molecule has 0 heterocycles. The van der Waals surface area contributed by atoms with Gasteiger partial charge in [0.25, 0.3) is 0 Å². The third-order valence-electron chi connectivity index (χ3n) is 2.15. The van der Waals surface area contributed by atoms with Crippen LogP contribution in [0.15, 0.2) is 24.3 Å². The van der Waals surface area contributed by atoms with E-state index < -0.39 is 0 Å². The summed E-state index contributed by atoms with van der Waals surface area (Å²) in [5.74, 6) is 0. The van der Waals surface area contributed by atoms with Crippen LogP contribution in [0.1, 0.15) is 0 Å². The fraction of sp³-hybridized carbons (Fsp3) is 0.455. The van der Waals surface area contributed by atoms with Crippen LogP contribution in [0.4, 0.5) is 11.4 Å². The first-order valence-corrected chi connectivity index (χ1v) is 5.00. The van der Waals surface area contributed by atoms with Gasteiger partial charge >= 0.3 is 0 Å². The van der Waals surface area contributed by atoms with Gasteiger partial charge in [-0.3, -0.25) is 0 Å². The van der Waals surface area contributed by atoms with E-state index in [-0.39, 0.29) is 6.61 Å². The average molecular weight is 210 g/mol. The molecule has 1 aromatic rings. The van der Waals surface area contributed by atoms with E-state index in [1.54, 1.807) is 0 Å². The van der Waals surface area contributed by atoms with Crippen LogP contribution in [0.3, 0.4) is 0 Å².